The second-order valence-corrected chi connectivity index (χ2v) is 5.11. The Morgan fingerprint density at radius 2 is 1.70 bits per heavy atom. The Morgan fingerprint density at radius 1 is 1.04 bits per heavy atom. The first-order valence-corrected chi connectivity index (χ1v) is 7.23. The molecule has 0 fully saturated rings. The number of carbonyl (C=O) groups is 2. The zero-order chi connectivity index (χ0) is 16.7. The molecule has 2 aromatic carbocycles. The van der Waals surface area contributed by atoms with Gasteiger partial charge in [0.15, 0.2) is 0 Å². The van der Waals surface area contributed by atoms with Gasteiger partial charge in [-0.25, -0.2) is 0 Å². The van der Waals surface area contributed by atoms with Gasteiger partial charge < -0.3 is 10.6 Å². The fourth-order valence-corrected chi connectivity index (χ4v) is 2.10. The van der Waals surface area contributed by atoms with Crippen molar-refractivity contribution in [2.45, 2.75) is 19.4 Å². The van der Waals surface area contributed by atoms with E-state index in [2.05, 4.69) is 10.6 Å². The molecule has 0 saturated heterocycles. The van der Waals surface area contributed by atoms with E-state index in [0.29, 0.717) is 11.3 Å². The largest absolute Gasteiger partial charge is 0.349 e. The van der Waals surface area contributed by atoms with E-state index in [-0.39, 0.29) is 18.4 Å². The Balaban J connectivity index is 1.84. The van der Waals surface area contributed by atoms with Crippen molar-refractivity contribution in [1.29, 1.82) is 5.26 Å². The maximum absolute atomic E-state index is 11.9. The smallest absolute Gasteiger partial charge is 0.233 e. The topological polar surface area (TPSA) is 82.0 Å². The number of hydrogen-bond donors (Lipinski definition) is 2. The molecule has 0 aliphatic heterocycles. The van der Waals surface area contributed by atoms with Crippen LogP contribution in [-0.2, 0) is 9.59 Å². The molecule has 0 radical (unpaired) electrons. The summed E-state index contributed by atoms with van der Waals surface area (Å²) >= 11 is 0. The van der Waals surface area contributed by atoms with Crippen LogP contribution in [0.1, 0.15) is 30.5 Å². The van der Waals surface area contributed by atoms with Gasteiger partial charge in [0.1, 0.15) is 6.42 Å². The van der Waals surface area contributed by atoms with E-state index in [1.54, 1.807) is 24.3 Å². The van der Waals surface area contributed by atoms with Crippen LogP contribution in [0.2, 0.25) is 0 Å². The van der Waals surface area contributed by atoms with Gasteiger partial charge in [-0.05, 0) is 36.8 Å². The molecular weight excluding hydrogens is 290 g/mol. The minimum atomic E-state index is -0.396. The molecule has 0 heterocycles. The van der Waals surface area contributed by atoms with Crippen molar-refractivity contribution in [2.75, 3.05) is 5.32 Å². The second kappa shape index (κ2) is 7.76. The Labute approximate surface area is 134 Å². The van der Waals surface area contributed by atoms with Crippen molar-refractivity contribution in [3.8, 4) is 6.07 Å². The third-order valence-electron chi connectivity index (χ3n) is 3.30. The number of benzene rings is 2. The van der Waals surface area contributed by atoms with Gasteiger partial charge in [-0.15, -0.1) is 0 Å². The van der Waals surface area contributed by atoms with Gasteiger partial charge in [0.05, 0.1) is 17.7 Å². The second-order valence-electron chi connectivity index (χ2n) is 5.11. The summed E-state index contributed by atoms with van der Waals surface area (Å²) < 4.78 is 0. The molecule has 116 valence electrons. The monoisotopic (exact) mass is 307 g/mol. The summed E-state index contributed by atoms with van der Waals surface area (Å²) in [4.78, 5) is 23.8. The van der Waals surface area contributed by atoms with Gasteiger partial charge in [0, 0.05) is 5.69 Å². The molecule has 2 aromatic rings. The quantitative estimate of drug-likeness (QED) is 0.833. The average Bonchev–Trinajstić information content (AvgIpc) is 2.56. The van der Waals surface area contributed by atoms with E-state index in [9.17, 15) is 9.59 Å². The molecular formula is C18H17N3O2. The van der Waals surface area contributed by atoms with Gasteiger partial charge in [0.25, 0.3) is 0 Å². The number of rotatable bonds is 5. The van der Waals surface area contributed by atoms with Gasteiger partial charge in [0.2, 0.25) is 11.8 Å². The lowest BCUT2D eigenvalue weighted by molar-refractivity contribution is -0.127. The molecule has 0 aliphatic carbocycles. The van der Waals surface area contributed by atoms with Crippen molar-refractivity contribution in [2.24, 2.45) is 0 Å². The maximum atomic E-state index is 11.9. The number of carbonyl (C=O) groups excluding carboxylic acids is 2. The normalized spacial score (nSPS) is 11.1. The number of hydrogen-bond acceptors (Lipinski definition) is 3. The van der Waals surface area contributed by atoms with Crippen molar-refractivity contribution in [3.05, 3.63) is 65.7 Å². The van der Waals surface area contributed by atoms with Gasteiger partial charge >= 0.3 is 0 Å². The third kappa shape index (κ3) is 4.97. The lowest BCUT2D eigenvalue weighted by atomic mass is 10.1. The van der Waals surface area contributed by atoms with Crippen molar-refractivity contribution in [3.63, 3.8) is 0 Å². The Bertz CT molecular complexity index is 718. The minimum absolute atomic E-state index is 0.161. The van der Waals surface area contributed by atoms with E-state index >= 15 is 0 Å². The summed E-state index contributed by atoms with van der Waals surface area (Å²) in [7, 11) is 0. The highest BCUT2D eigenvalue weighted by Crippen LogP contribution is 2.12. The molecule has 5 heteroatoms. The number of nitrogens with zero attached hydrogens (tertiary/aromatic N) is 1. The predicted molar refractivity (Wildman–Crippen MR) is 87.4 cm³/mol. The summed E-state index contributed by atoms with van der Waals surface area (Å²) in [6, 6.07) is 17.8. The van der Waals surface area contributed by atoms with E-state index in [4.69, 9.17) is 5.26 Å². The van der Waals surface area contributed by atoms with E-state index in [1.165, 1.54) is 0 Å². The van der Waals surface area contributed by atoms with Crippen LogP contribution in [0.3, 0.4) is 0 Å². The van der Waals surface area contributed by atoms with Crippen LogP contribution in [-0.4, -0.2) is 11.8 Å². The van der Waals surface area contributed by atoms with Crippen LogP contribution >= 0.6 is 0 Å². The van der Waals surface area contributed by atoms with Crippen molar-refractivity contribution < 1.29 is 9.59 Å². The van der Waals surface area contributed by atoms with Gasteiger partial charge in [-0.2, -0.15) is 5.26 Å². The highest BCUT2D eigenvalue weighted by atomic mass is 16.2. The van der Waals surface area contributed by atoms with Crippen molar-refractivity contribution >= 4 is 17.5 Å². The highest BCUT2D eigenvalue weighted by molar-refractivity contribution is 6.03. The molecule has 0 spiro atoms. The first-order valence-electron chi connectivity index (χ1n) is 7.23. The predicted octanol–water partition coefficient (Wildman–Crippen LogP) is 2.76. The first kappa shape index (κ1) is 16.2. The Kier molecular flexibility index (Phi) is 5.48. The minimum Gasteiger partial charge on any atom is -0.349 e. The molecule has 2 N–H and O–H groups in total. The zero-order valence-corrected chi connectivity index (χ0v) is 12.7. The number of nitrogens with one attached hydrogen (secondary N) is 2. The number of nitriles is 1. The first-order chi connectivity index (χ1) is 11.1. The molecule has 5 nitrogen and oxygen atoms in total. The zero-order valence-electron chi connectivity index (χ0n) is 12.7. The van der Waals surface area contributed by atoms with Gasteiger partial charge in [-0.1, -0.05) is 30.3 Å². The standard InChI is InChI=1S/C18H17N3O2/c1-13(15-5-3-2-4-6-15)20-17(22)11-18(23)21-16-9-7-14(12-19)8-10-16/h2-10,13H,11H2,1H3,(H,20,22)(H,21,23). The van der Waals surface area contributed by atoms with Crippen LogP contribution < -0.4 is 10.6 Å². The van der Waals surface area contributed by atoms with Crippen LogP contribution in [0.5, 0.6) is 0 Å². The lowest BCUT2D eigenvalue weighted by Crippen LogP contribution is -2.30. The van der Waals surface area contributed by atoms with Crippen LogP contribution in [0, 0.1) is 11.3 Å². The summed E-state index contributed by atoms with van der Waals surface area (Å²) in [5.74, 6) is -0.736. The van der Waals surface area contributed by atoms with Crippen LogP contribution in [0.25, 0.3) is 0 Å². The average molecular weight is 307 g/mol. The van der Waals surface area contributed by atoms with Gasteiger partial charge in [-0.3, -0.25) is 9.59 Å². The molecule has 1 unspecified atom stereocenters. The van der Waals surface area contributed by atoms with Crippen molar-refractivity contribution in [1.82, 2.24) is 5.32 Å². The van der Waals surface area contributed by atoms with E-state index in [1.807, 2.05) is 43.3 Å². The molecule has 1 atom stereocenters. The summed E-state index contributed by atoms with van der Waals surface area (Å²) in [6.45, 7) is 1.87. The van der Waals surface area contributed by atoms with E-state index < -0.39 is 5.91 Å². The molecule has 0 aliphatic rings. The summed E-state index contributed by atoms with van der Waals surface area (Å²) in [6.07, 6.45) is -0.253. The molecule has 23 heavy (non-hydrogen) atoms. The fraction of sp³-hybridized carbons (Fsp3) is 0.167. The molecule has 0 bridgehead atoms. The van der Waals surface area contributed by atoms with E-state index in [0.717, 1.165) is 5.56 Å². The summed E-state index contributed by atoms with van der Waals surface area (Å²) in [5.41, 5.74) is 2.05. The number of amides is 2. The molecule has 0 saturated carbocycles. The molecule has 2 amide bonds. The third-order valence-corrected chi connectivity index (χ3v) is 3.30. The molecule has 2 rings (SSSR count). The SMILES string of the molecule is CC(NC(=O)CC(=O)Nc1ccc(C#N)cc1)c1ccccc1. The molecule has 0 aromatic heterocycles. The lowest BCUT2D eigenvalue weighted by Gasteiger charge is -2.14. The van der Waals surface area contributed by atoms with Crippen LogP contribution in [0.4, 0.5) is 5.69 Å². The maximum Gasteiger partial charge on any atom is 0.233 e. The highest BCUT2D eigenvalue weighted by Gasteiger charge is 2.13. The Morgan fingerprint density at radius 3 is 2.30 bits per heavy atom. The van der Waals surface area contributed by atoms with Crippen LogP contribution in [0.15, 0.2) is 54.6 Å². The Hall–Kier alpha value is -3.13. The summed E-state index contributed by atoms with van der Waals surface area (Å²) in [5, 5.41) is 14.1. The number of anilines is 1. The fourth-order valence-electron chi connectivity index (χ4n) is 2.10.